The van der Waals surface area contributed by atoms with E-state index in [-0.39, 0.29) is 11.9 Å². The number of nitrogens with one attached hydrogen (secondary N) is 1. The standard InChI is InChI=1S/C19H26N6OS/c1-13-6-5-9-25(10-13)17(26)12-27-11-16-22-18(20)24-19(23-16)21-15-8-4-3-7-14(15)2/h3-4,7-8,13H,5-6,9-12H2,1-2H3,(H3,20,21,22,23,24)/t13-/m1/s1. The van der Waals surface area contributed by atoms with E-state index in [1.807, 2.05) is 36.1 Å². The highest BCUT2D eigenvalue weighted by molar-refractivity contribution is 7.99. The van der Waals surface area contributed by atoms with Gasteiger partial charge in [0.1, 0.15) is 5.82 Å². The second-order valence-electron chi connectivity index (χ2n) is 6.95. The highest BCUT2D eigenvalue weighted by atomic mass is 32.2. The molecule has 27 heavy (non-hydrogen) atoms. The summed E-state index contributed by atoms with van der Waals surface area (Å²) in [5, 5.41) is 3.18. The van der Waals surface area contributed by atoms with E-state index in [1.54, 1.807) is 0 Å². The molecular formula is C19H26N6OS. The second-order valence-corrected chi connectivity index (χ2v) is 7.94. The number of benzene rings is 1. The van der Waals surface area contributed by atoms with Crippen molar-refractivity contribution < 1.29 is 4.79 Å². The number of likely N-dealkylation sites (tertiary alicyclic amines) is 1. The van der Waals surface area contributed by atoms with Crippen LogP contribution in [-0.2, 0) is 10.5 Å². The van der Waals surface area contributed by atoms with Gasteiger partial charge in [0.25, 0.3) is 0 Å². The van der Waals surface area contributed by atoms with Gasteiger partial charge in [-0.3, -0.25) is 4.79 Å². The van der Waals surface area contributed by atoms with Crippen molar-refractivity contribution in [1.82, 2.24) is 19.9 Å². The van der Waals surface area contributed by atoms with Crippen molar-refractivity contribution in [1.29, 1.82) is 0 Å². The largest absolute Gasteiger partial charge is 0.368 e. The molecular weight excluding hydrogens is 360 g/mol. The van der Waals surface area contributed by atoms with E-state index >= 15 is 0 Å². The van der Waals surface area contributed by atoms with Gasteiger partial charge in [-0.05, 0) is 37.3 Å². The highest BCUT2D eigenvalue weighted by Crippen LogP contribution is 2.20. The number of aromatic nitrogens is 3. The van der Waals surface area contributed by atoms with Crippen LogP contribution in [0.15, 0.2) is 24.3 Å². The smallest absolute Gasteiger partial charge is 0.232 e. The molecule has 1 aliphatic heterocycles. The van der Waals surface area contributed by atoms with Crippen LogP contribution in [-0.4, -0.2) is 44.6 Å². The predicted octanol–water partition coefficient (Wildman–Crippen LogP) is 3.00. The number of anilines is 3. The van der Waals surface area contributed by atoms with Crippen LogP contribution >= 0.6 is 11.8 Å². The van der Waals surface area contributed by atoms with E-state index < -0.39 is 0 Å². The van der Waals surface area contributed by atoms with E-state index in [0.29, 0.717) is 29.2 Å². The first-order chi connectivity index (χ1) is 13.0. The summed E-state index contributed by atoms with van der Waals surface area (Å²) in [7, 11) is 0. The van der Waals surface area contributed by atoms with Crippen molar-refractivity contribution in [2.24, 2.45) is 5.92 Å². The molecule has 1 amide bonds. The molecule has 1 aliphatic rings. The number of para-hydroxylation sites is 1. The average molecular weight is 387 g/mol. The van der Waals surface area contributed by atoms with Gasteiger partial charge in [0.15, 0.2) is 0 Å². The van der Waals surface area contributed by atoms with Crippen LogP contribution in [0.25, 0.3) is 0 Å². The summed E-state index contributed by atoms with van der Waals surface area (Å²) in [6, 6.07) is 7.90. The van der Waals surface area contributed by atoms with Crippen molar-refractivity contribution in [3.05, 3.63) is 35.7 Å². The summed E-state index contributed by atoms with van der Waals surface area (Å²) in [6.07, 6.45) is 2.30. The second kappa shape index (κ2) is 9.03. The minimum absolute atomic E-state index is 0.174. The molecule has 0 spiro atoms. The molecule has 2 aromatic rings. The molecule has 1 atom stereocenters. The first kappa shape index (κ1) is 19.4. The van der Waals surface area contributed by atoms with Gasteiger partial charge in [0.05, 0.1) is 11.5 Å². The number of piperidine rings is 1. The van der Waals surface area contributed by atoms with Crippen LogP contribution < -0.4 is 11.1 Å². The maximum atomic E-state index is 12.4. The summed E-state index contributed by atoms with van der Waals surface area (Å²) < 4.78 is 0. The number of carbonyl (C=O) groups excluding carboxylic acids is 1. The van der Waals surface area contributed by atoms with Gasteiger partial charge < -0.3 is 16.0 Å². The minimum Gasteiger partial charge on any atom is -0.368 e. The lowest BCUT2D eigenvalue weighted by molar-refractivity contribution is -0.130. The molecule has 0 aliphatic carbocycles. The summed E-state index contributed by atoms with van der Waals surface area (Å²) in [5.74, 6) is 2.89. The molecule has 3 rings (SSSR count). The first-order valence-corrected chi connectivity index (χ1v) is 10.4. The lowest BCUT2D eigenvalue weighted by atomic mass is 10.0. The van der Waals surface area contributed by atoms with Crippen molar-refractivity contribution in [2.75, 3.05) is 29.9 Å². The van der Waals surface area contributed by atoms with Gasteiger partial charge in [-0.2, -0.15) is 15.0 Å². The highest BCUT2D eigenvalue weighted by Gasteiger charge is 2.20. The van der Waals surface area contributed by atoms with Crippen LogP contribution in [0.4, 0.5) is 17.6 Å². The monoisotopic (exact) mass is 386 g/mol. The molecule has 0 bridgehead atoms. The van der Waals surface area contributed by atoms with E-state index in [4.69, 9.17) is 5.73 Å². The third kappa shape index (κ3) is 5.56. The van der Waals surface area contributed by atoms with Gasteiger partial charge in [-0.15, -0.1) is 11.8 Å². The van der Waals surface area contributed by atoms with E-state index in [1.165, 1.54) is 18.2 Å². The molecule has 7 nitrogen and oxygen atoms in total. The van der Waals surface area contributed by atoms with Crippen LogP contribution in [0.1, 0.15) is 31.2 Å². The van der Waals surface area contributed by atoms with Gasteiger partial charge >= 0.3 is 0 Å². The lowest BCUT2D eigenvalue weighted by Crippen LogP contribution is -2.40. The topological polar surface area (TPSA) is 97.0 Å². The SMILES string of the molecule is Cc1ccccc1Nc1nc(N)nc(CSCC(=O)N2CCC[C@@H](C)C2)n1. The third-order valence-electron chi connectivity index (χ3n) is 4.56. The van der Waals surface area contributed by atoms with Crippen molar-refractivity contribution in [3.63, 3.8) is 0 Å². The molecule has 1 fully saturated rings. The number of hydrogen-bond acceptors (Lipinski definition) is 7. The molecule has 0 saturated carbocycles. The van der Waals surface area contributed by atoms with E-state index in [0.717, 1.165) is 30.8 Å². The zero-order chi connectivity index (χ0) is 19.2. The van der Waals surface area contributed by atoms with Crippen LogP contribution in [0.3, 0.4) is 0 Å². The van der Waals surface area contributed by atoms with Gasteiger partial charge in [0, 0.05) is 18.8 Å². The number of hydrogen-bond donors (Lipinski definition) is 2. The fourth-order valence-electron chi connectivity index (χ4n) is 3.13. The Hall–Kier alpha value is -2.35. The Morgan fingerprint density at radius 2 is 2.15 bits per heavy atom. The molecule has 0 radical (unpaired) electrons. The Morgan fingerprint density at radius 1 is 1.33 bits per heavy atom. The Morgan fingerprint density at radius 3 is 2.93 bits per heavy atom. The number of nitrogens with zero attached hydrogens (tertiary/aromatic N) is 4. The summed E-state index contributed by atoms with van der Waals surface area (Å²) in [5.41, 5.74) is 7.85. The van der Waals surface area contributed by atoms with Crippen LogP contribution in [0.2, 0.25) is 0 Å². The summed E-state index contributed by atoms with van der Waals surface area (Å²) in [4.78, 5) is 27.1. The number of nitrogen functional groups attached to an aromatic ring is 1. The Bertz CT molecular complexity index is 800. The predicted molar refractivity (Wildman–Crippen MR) is 110 cm³/mol. The Balaban J connectivity index is 1.56. The molecule has 1 saturated heterocycles. The normalized spacial score (nSPS) is 17.0. The first-order valence-electron chi connectivity index (χ1n) is 9.20. The molecule has 1 aromatic heterocycles. The minimum atomic E-state index is 0.174. The van der Waals surface area contributed by atoms with Crippen LogP contribution in [0.5, 0.6) is 0 Å². The maximum absolute atomic E-state index is 12.4. The third-order valence-corrected chi connectivity index (χ3v) is 5.47. The molecule has 8 heteroatoms. The maximum Gasteiger partial charge on any atom is 0.232 e. The van der Waals surface area contributed by atoms with Gasteiger partial charge in [-0.1, -0.05) is 25.1 Å². The van der Waals surface area contributed by atoms with Crippen molar-refractivity contribution in [3.8, 4) is 0 Å². The van der Waals surface area contributed by atoms with Crippen molar-refractivity contribution >= 4 is 35.3 Å². The fraction of sp³-hybridized carbons (Fsp3) is 0.474. The molecule has 1 aromatic carbocycles. The quantitative estimate of drug-likeness (QED) is 0.787. The number of thioether (sulfide) groups is 1. The Kier molecular flexibility index (Phi) is 6.49. The van der Waals surface area contributed by atoms with Crippen LogP contribution in [0, 0.1) is 12.8 Å². The van der Waals surface area contributed by atoms with Gasteiger partial charge in [-0.25, -0.2) is 0 Å². The number of rotatable bonds is 6. The van der Waals surface area contributed by atoms with Gasteiger partial charge in [0.2, 0.25) is 17.8 Å². The number of carbonyl (C=O) groups is 1. The molecule has 3 N–H and O–H groups in total. The van der Waals surface area contributed by atoms with E-state index in [2.05, 4.69) is 27.2 Å². The average Bonchev–Trinajstić information content (AvgIpc) is 2.63. The number of nitrogens with two attached hydrogens (primary N) is 1. The number of aryl methyl sites for hydroxylation is 1. The molecule has 0 unspecified atom stereocenters. The summed E-state index contributed by atoms with van der Waals surface area (Å²) in [6.45, 7) is 5.94. The van der Waals surface area contributed by atoms with Crippen molar-refractivity contribution in [2.45, 2.75) is 32.4 Å². The molecule has 144 valence electrons. The Labute approximate surface area is 164 Å². The zero-order valence-corrected chi connectivity index (χ0v) is 16.6. The molecule has 2 heterocycles. The summed E-state index contributed by atoms with van der Waals surface area (Å²) >= 11 is 1.51. The fourth-order valence-corrected chi connectivity index (χ4v) is 3.90. The van der Waals surface area contributed by atoms with E-state index in [9.17, 15) is 4.79 Å². The number of amides is 1. The zero-order valence-electron chi connectivity index (χ0n) is 15.8. The lowest BCUT2D eigenvalue weighted by Gasteiger charge is -2.30.